The number of ether oxygens (including phenoxy) is 1. The van der Waals surface area contributed by atoms with Crippen molar-refractivity contribution in [1.82, 2.24) is 10.0 Å². The normalized spacial score (nSPS) is 20.0. The molecule has 10 heteroatoms. The number of benzene rings is 1. The van der Waals surface area contributed by atoms with Gasteiger partial charge in [-0.1, -0.05) is 0 Å². The summed E-state index contributed by atoms with van der Waals surface area (Å²) in [6.07, 6.45) is 0.854. The van der Waals surface area contributed by atoms with Gasteiger partial charge in [-0.05, 0) is 18.2 Å². The first-order chi connectivity index (χ1) is 12.0. The van der Waals surface area contributed by atoms with Gasteiger partial charge in [-0.2, -0.15) is 5.10 Å². The average Bonchev–Trinajstić information content (AvgIpc) is 2.96. The van der Waals surface area contributed by atoms with Crippen molar-refractivity contribution in [2.45, 2.75) is 6.10 Å². The highest BCUT2D eigenvalue weighted by molar-refractivity contribution is 5.90. The van der Waals surface area contributed by atoms with Crippen molar-refractivity contribution in [1.29, 1.82) is 0 Å². The number of anilines is 2. The van der Waals surface area contributed by atoms with Gasteiger partial charge in [0.25, 0.3) is 0 Å². The number of carbonyl (C=O) groups is 2. The molecule has 134 valence electrons. The van der Waals surface area contributed by atoms with Crippen LogP contribution in [0.4, 0.5) is 20.6 Å². The van der Waals surface area contributed by atoms with E-state index in [1.54, 1.807) is 28.4 Å². The molecule has 1 fully saturated rings. The molecule has 1 atom stereocenters. The zero-order valence-electron chi connectivity index (χ0n) is 13.7. The van der Waals surface area contributed by atoms with E-state index in [4.69, 9.17) is 10.6 Å². The van der Waals surface area contributed by atoms with Crippen LogP contribution in [0.15, 0.2) is 23.3 Å². The Labute approximate surface area is 144 Å². The predicted octanol–water partition coefficient (Wildman–Crippen LogP) is 0.178. The van der Waals surface area contributed by atoms with Gasteiger partial charge in [-0.25, -0.2) is 15.0 Å². The van der Waals surface area contributed by atoms with Gasteiger partial charge in [0.2, 0.25) is 6.41 Å². The summed E-state index contributed by atoms with van der Waals surface area (Å²) >= 11 is 0. The zero-order valence-corrected chi connectivity index (χ0v) is 13.7. The molecule has 2 N–H and O–H groups in total. The Balaban J connectivity index is 1.73. The summed E-state index contributed by atoms with van der Waals surface area (Å²) in [4.78, 5) is 25.6. The van der Waals surface area contributed by atoms with E-state index in [9.17, 15) is 14.0 Å². The minimum absolute atomic E-state index is 0.0735. The molecule has 3 rings (SSSR count). The van der Waals surface area contributed by atoms with Crippen molar-refractivity contribution in [3.8, 4) is 0 Å². The number of hydrazine groups is 1. The largest absolute Gasteiger partial charge is 0.442 e. The van der Waals surface area contributed by atoms with Crippen LogP contribution >= 0.6 is 0 Å². The Kier molecular flexibility index (Phi) is 4.70. The van der Waals surface area contributed by atoms with E-state index in [-0.39, 0.29) is 13.1 Å². The molecule has 1 aromatic rings. The Morgan fingerprint density at radius 1 is 1.48 bits per heavy atom. The van der Waals surface area contributed by atoms with E-state index in [0.29, 0.717) is 30.9 Å². The summed E-state index contributed by atoms with van der Waals surface area (Å²) in [5, 5.41) is 6.79. The molecule has 0 bridgehead atoms. The lowest BCUT2D eigenvalue weighted by atomic mass is 10.2. The maximum atomic E-state index is 14.5. The first-order valence-corrected chi connectivity index (χ1v) is 7.74. The van der Waals surface area contributed by atoms with Crippen molar-refractivity contribution in [2.24, 2.45) is 10.9 Å². The molecule has 0 spiro atoms. The predicted molar refractivity (Wildman–Crippen MR) is 89.4 cm³/mol. The summed E-state index contributed by atoms with van der Waals surface area (Å²) in [6.45, 7) is 1.56. The Bertz CT molecular complexity index is 700. The molecule has 0 saturated carbocycles. The van der Waals surface area contributed by atoms with Crippen molar-refractivity contribution >= 4 is 30.2 Å². The highest BCUT2D eigenvalue weighted by Crippen LogP contribution is 2.28. The monoisotopic (exact) mass is 350 g/mol. The van der Waals surface area contributed by atoms with Crippen LogP contribution in [0, 0.1) is 5.82 Å². The van der Waals surface area contributed by atoms with Gasteiger partial charge in [0.15, 0.2) is 0 Å². The zero-order chi connectivity index (χ0) is 18.0. The van der Waals surface area contributed by atoms with E-state index in [2.05, 4.69) is 5.10 Å². The lowest BCUT2D eigenvalue weighted by Gasteiger charge is -2.28. The number of likely N-dealkylation sites (N-methyl/N-ethyl adjacent to an activating group) is 1. The number of halogens is 1. The lowest BCUT2D eigenvalue weighted by molar-refractivity contribution is -0.119. The Hall–Kier alpha value is -2.88. The van der Waals surface area contributed by atoms with Gasteiger partial charge in [0.1, 0.15) is 18.3 Å². The third-order valence-electron chi connectivity index (χ3n) is 4.03. The van der Waals surface area contributed by atoms with Crippen LogP contribution in [0.25, 0.3) is 0 Å². The van der Waals surface area contributed by atoms with Crippen LogP contribution < -0.4 is 15.6 Å². The molecule has 2 heterocycles. The fraction of sp³-hybridized carbons (Fsp3) is 0.400. The van der Waals surface area contributed by atoms with E-state index in [0.717, 1.165) is 5.01 Å². The number of rotatable bonds is 5. The first kappa shape index (κ1) is 17.0. The van der Waals surface area contributed by atoms with Gasteiger partial charge in [-0.3, -0.25) is 19.7 Å². The standard InChI is InChI=1S/C15H19FN6O3/c1-19-4-5-20(9-18-19)14-3-2-11(6-13(14)16)22-8-12(25-15(22)24)7-21(17)10-23/h2-3,6,9-10,12H,4-5,7-8,17H2,1H3/t12-/m0/s1. The molecule has 1 saturated heterocycles. The maximum absolute atomic E-state index is 14.5. The van der Waals surface area contributed by atoms with Gasteiger partial charge >= 0.3 is 6.09 Å². The van der Waals surface area contributed by atoms with E-state index in [1.807, 2.05) is 7.05 Å². The number of carbonyl (C=O) groups excluding carboxylic acids is 2. The molecule has 2 aliphatic rings. The van der Waals surface area contributed by atoms with Gasteiger partial charge in [-0.15, -0.1) is 0 Å². The van der Waals surface area contributed by atoms with Crippen molar-refractivity contribution in [2.75, 3.05) is 43.0 Å². The summed E-state index contributed by atoms with van der Waals surface area (Å²) in [5.74, 6) is 4.93. The summed E-state index contributed by atoms with van der Waals surface area (Å²) in [7, 11) is 1.84. The second-order valence-electron chi connectivity index (χ2n) is 5.86. The molecule has 2 aliphatic heterocycles. The SMILES string of the molecule is CN1CCN(c2ccc(N3C[C@H](CN(N)C=O)OC3=O)cc2F)C=N1. The fourth-order valence-electron chi connectivity index (χ4n) is 2.70. The van der Waals surface area contributed by atoms with Crippen LogP contribution in [-0.4, -0.2) is 68.2 Å². The minimum Gasteiger partial charge on any atom is -0.442 e. The number of cyclic esters (lactones) is 1. The lowest BCUT2D eigenvalue weighted by Crippen LogP contribution is -2.38. The molecule has 0 radical (unpaired) electrons. The maximum Gasteiger partial charge on any atom is 0.414 e. The Morgan fingerprint density at radius 2 is 2.28 bits per heavy atom. The van der Waals surface area contributed by atoms with Crippen LogP contribution in [0.5, 0.6) is 0 Å². The molecular weight excluding hydrogens is 331 g/mol. The highest BCUT2D eigenvalue weighted by atomic mass is 19.1. The number of nitrogens with two attached hydrogens (primary N) is 1. The van der Waals surface area contributed by atoms with Crippen molar-refractivity contribution in [3.63, 3.8) is 0 Å². The van der Waals surface area contributed by atoms with Gasteiger partial charge in [0, 0.05) is 13.6 Å². The number of hydrogen-bond donors (Lipinski definition) is 1. The number of amides is 2. The third kappa shape index (κ3) is 3.63. The van der Waals surface area contributed by atoms with E-state index in [1.165, 1.54) is 11.0 Å². The topological polar surface area (TPSA) is 94.7 Å². The molecule has 1 aromatic carbocycles. The van der Waals surface area contributed by atoms with Crippen molar-refractivity contribution in [3.05, 3.63) is 24.0 Å². The molecule has 0 aliphatic carbocycles. The van der Waals surface area contributed by atoms with Crippen LogP contribution in [0.3, 0.4) is 0 Å². The van der Waals surface area contributed by atoms with E-state index < -0.39 is 18.0 Å². The number of hydrazone groups is 1. The minimum atomic E-state index is -0.599. The summed E-state index contributed by atoms with van der Waals surface area (Å²) in [6, 6.07) is 4.53. The molecule has 25 heavy (non-hydrogen) atoms. The smallest absolute Gasteiger partial charge is 0.414 e. The van der Waals surface area contributed by atoms with Crippen LogP contribution in [0.1, 0.15) is 0 Å². The van der Waals surface area contributed by atoms with Gasteiger partial charge in [0.05, 0.1) is 31.0 Å². The Morgan fingerprint density at radius 3 is 2.92 bits per heavy atom. The second kappa shape index (κ2) is 6.93. The number of nitrogens with zero attached hydrogens (tertiary/aromatic N) is 5. The average molecular weight is 350 g/mol. The first-order valence-electron chi connectivity index (χ1n) is 7.74. The van der Waals surface area contributed by atoms with Crippen LogP contribution in [0.2, 0.25) is 0 Å². The third-order valence-corrected chi connectivity index (χ3v) is 4.03. The quantitative estimate of drug-likeness (QED) is 0.352. The van der Waals surface area contributed by atoms with Crippen molar-refractivity contribution < 1.29 is 18.7 Å². The molecule has 0 unspecified atom stereocenters. The van der Waals surface area contributed by atoms with Gasteiger partial charge < -0.3 is 9.64 Å². The number of hydrogen-bond acceptors (Lipinski definition) is 7. The second-order valence-corrected chi connectivity index (χ2v) is 5.86. The molecule has 9 nitrogen and oxygen atoms in total. The summed E-state index contributed by atoms with van der Waals surface area (Å²) < 4.78 is 19.6. The molecule has 2 amide bonds. The van der Waals surface area contributed by atoms with Crippen LogP contribution in [-0.2, 0) is 9.53 Å². The summed E-state index contributed by atoms with van der Waals surface area (Å²) in [5.41, 5.74) is 0.772. The molecular formula is C15H19FN6O3. The van der Waals surface area contributed by atoms with E-state index >= 15 is 0 Å². The molecule has 0 aromatic heterocycles. The highest BCUT2D eigenvalue weighted by Gasteiger charge is 2.33. The fourth-order valence-corrected chi connectivity index (χ4v) is 2.70.